The minimum Gasteiger partial charge on any atom is -0.356 e. The van der Waals surface area contributed by atoms with Crippen molar-refractivity contribution >= 4 is 11.7 Å². The number of piperidine rings is 1. The average molecular weight is 405 g/mol. The van der Waals surface area contributed by atoms with E-state index in [1.165, 1.54) is 30.5 Å². The standard InChI is InChI=1S/C25H32N4O/c30-25(26-20-10-5-2-6-11-20)19-14-16-29(17-15-19)24-21-12-7-13-22(21)27-23(28-24)18-8-3-1-4-9-18/h1,3-4,8-9,19-20H,2,5-7,10-17H2,(H,26,30). The summed E-state index contributed by atoms with van der Waals surface area (Å²) >= 11 is 0. The molecule has 5 heteroatoms. The Morgan fingerprint density at radius 2 is 1.67 bits per heavy atom. The van der Waals surface area contributed by atoms with E-state index in [1.54, 1.807) is 0 Å². The molecule has 5 rings (SSSR count). The van der Waals surface area contributed by atoms with E-state index in [0.29, 0.717) is 6.04 Å². The zero-order chi connectivity index (χ0) is 20.3. The first-order chi connectivity index (χ1) is 14.8. The number of amides is 1. The lowest BCUT2D eigenvalue weighted by atomic mass is 9.92. The number of anilines is 1. The number of hydrogen-bond donors (Lipinski definition) is 1. The molecule has 3 aliphatic rings. The molecule has 2 fully saturated rings. The van der Waals surface area contributed by atoms with Gasteiger partial charge in [-0.05, 0) is 44.9 Å². The summed E-state index contributed by atoms with van der Waals surface area (Å²) in [6.45, 7) is 1.81. The van der Waals surface area contributed by atoms with Gasteiger partial charge in [-0.1, -0.05) is 49.6 Å². The molecule has 0 radical (unpaired) electrons. The van der Waals surface area contributed by atoms with E-state index in [2.05, 4.69) is 22.3 Å². The van der Waals surface area contributed by atoms with Crippen molar-refractivity contribution in [2.45, 2.75) is 70.3 Å². The van der Waals surface area contributed by atoms with Crippen LogP contribution in [-0.4, -0.2) is 35.0 Å². The van der Waals surface area contributed by atoms with Crippen LogP contribution in [0.25, 0.3) is 11.4 Å². The van der Waals surface area contributed by atoms with Crippen LogP contribution in [0.1, 0.15) is 62.6 Å². The number of hydrogen-bond acceptors (Lipinski definition) is 4. The first-order valence-corrected chi connectivity index (χ1v) is 11.8. The topological polar surface area (TPSA) is 58.1 Å². The van der Waals surface area contributed by atoms with E-state index in [1.807, 2.05) is 18.2 Å². The zero-order valence-corrected chi connectivity index (χ0v) is 17.8. The van der Waals surface area contributed by atoms with Crippen LogP contribution < -0.4 is 10.2 Å². The summed E-state index contributed by atoms with van der Waals surface area (Å²) in [5.41, 5.74) is 3.63. The van der Waals surface area contributed by atoms with E-state index in [-0.39, 0.29) is 11.8 Å². The van der Waals surface area contributed by atoms with Crippen molar-refractivity contribution in [1.82, 2.24) is 15.3 Å². The second kappa shape index (κ2) is 8.75. The maximum atomic E-state index is 12.8. The van der Waals surface area contributed by atoms with E-state index < -0.39 is 0 Å². The summed E-state index contributed by atoms with van der Waals surface area (Å²) in [5.74, 6) is 2.37. The number of benzene rings is 1. The van der Waals surface area contributed by atoms with E-state index >= 15 is 0 Å². The fraction of sp³-hybridized carbons (Fsp3) is 0.560. The predicted octanol–water partition coefficient (Wildman–Crippen LogP) is 4.30. The number of nitrogens with zero attached hydrogens (tertiary/aromatic N) is 3. The number of fused-ring (bicyclic) bond motifs is 1. The Labute approximate surface area is 179 Å². The Balaban J connectivity index is 1.29. The molecule has 1 aliphatic heterocycles. The fourth-order valence-electron chi connectivity index (χ4n) is 5.31. The lowest BCUT2D eigenvalue weighted by molar-refractivity contribution is -0.126. The van der Waals surface area contributed by atoms with Crippen molar-refractivity contribution in [2.24, 2.45) is 5.92 Å². The predicted molar refractivity (Wildman–Crippen MR) is 119 cm³/mol. The van der Waals surface area contributed by atoms with Crippen molar-refractivity contribution in [1.29, 1.82) is 0 Å². The SMILES string of the molecule is O=C(NC1CCCCC1)C1CCN(c2nc(-c3ccccc3)nc3c2CCC3)CC1. The summed E-state index contributed by atoms with van der Waals surface area (Å²) in [4.78, 5) is 25.1. The van der Waals surface area contributed by atoms with E-state index in [9.17, 15) is 4.79 Å². The molecule has 1 saturated heterocycles. The summed E-state index contributed by atoms with van der Waals surface area (Å²) in [7, 11) is 0. The van der Waals surface area contributed by atoms with Crippen LogP contribution in [0.5, 0.6) is 0 Å². The maximum absolute atomic E-state index is 12.8. The zero-order valence-electron chi connectivity index (χ0n) is 17.8. The molecule has 0 bridgehead atoms. The van der Waals surface area contributed by atoms with Crippen LogP contribution in [-0.2, 0) is 17.6 Å². The van der Waals surface area contributed by atoms with Crippen LogP contribution in [0.15, 0.2) is 30.3 Å². The molecule has 2 aliphatic carbocycles. The second-order valence-electron chi connectivity index (χ2n) is 9.12. The van der Waals surface area contributed by atoms with Crippen molar-refractivity contribution in [2.75, 3.05) is 18.0 Å². The first kappa shape index (κ1) is 19.5. The summed E-state index contributed by atoms with van der Waals surface area (Å²) < 4.78 is 0. The van der Waals surface area contributed by atoms with Crippen molar-refractivity contribution in [3.63, 3.8) is 0 Å². The van der Waals surface area contributed by atoms with Gasteiger partial charge < -0.3 is 10.2 Å². The minimum absolute atomic E-state index is 0.145. The molecule has 1 saturated carbocycles. The molecule has 0 unspecified atom stereocenters. The number of aromatic nitrogens is 2. The minimum atomic E-state index is 0.145. The summed E-state index contributed by atoms with van der Waals surface area (Å²) in [6, 6.07) is 10.7. The second-order valence-corrected chi connectivity index (χ2v) is 9.12. The first-order valence-electron chi connectivity index (χ1n) is 11.8. The van der Waals surface area contributed by atoms with Gasteiger partial charge in [-0.3, -0.25) is 4.79 Å². The highest BCUT2D eigenvalue weighted by Crippen LogP contribution is 2.33. The van der Waals surface area contributed by atoms with Gasteiger partial charge in [-0.25, -0.2) is 9.97 Å². The molecule has 0 atom stereocenters. The molecule has 5 nitrogen and oxygen atoms in total. The third kappa shape index (κ3) is 4.07. The van der Waals surface area contributed by atoms with Gasteiger partial charge >= 0.3 is 0 Å². The fourth-order valence-corrected chi connectivity index (χ4v) is 5.31. The number of nitrogens with one attached hydrogen (secondary N) is 1. The van der Waals surface area contributed by atoms with Crippen LogP contribution in [0, 0.1) is 5.92 Å². The van der Waals surface area contributed by atoms with Gasteiger partial charge in [0.1, 0.15) is 5.82 Å². The molecule has 1 N–H and O–H groups in total. The van der Waals surface area contributed by atoms with E-state index in [4.69, 9.17) is 9.97 Å². The quantitative estimate of drug-likeness (QED) is 0.826. The summed E-state index contributed by atoms with van der Waals surface area (Å²) in [5, 5.41) is 3.33. The van der Waals surface area contributed by atoms with Crippen molar-refractivity contribution in [3.05, 3.63) is 41.6 Å². The molecule has 1 amide bonds. The number of carbonyl (C=O) groups is 1. The van der Waals surface area contributed by atoms with Gasteiger partial charge in [-0.2, -0.15) is 0 Å². The summed E-state index contributed by atoms with van der Waals surface area (Å²) in [6.07, 6.45) is 11.2. The Morgan fingerprint density at radius 1 is 0.900 bits per heavy atom. The van der Waals surface area contributed by atoms with Gasteiger partial charge in [0.05, 0.1) is 0 Å². The number of carbonyl (C=O) groups excluding carboxylic acids is 1. The molecule has 1 aromatic heterocycles. The third-order valence-corrected chi connectivity index (χ3v) is 7.06. The molecule has 0 spiro atoms. The van der Waals surface area contributed by atoms with Crippen molar-refractivity contribution in [3.8, 4) is 11.4 Å². The normalized spacial score (nSPS) is 20.2. The van der Waals surface area contributed by atoms with Crippen LogP contribution in [0.4, 0.5) is 5.82 Å². The number of aryl methyl sites for hydroxylation is 1. The Kier molecular flexibility index (Phi) is 5.69. The van der Waals surface area contributed by atoms with Crippen LogP contribution in [0.3, 0.4) is 0 Å². The average Bonchev–Trinajstić information content (AvgIpc) is 3.29. The van der Waals surface area contributed by atoms with Crippen LogP contribution in [0.2, 0.25) is 0 Å². The van der Waals surface area contributed by atoms with Gasteiger partial charge in [0.15, 0.2) is 5.82 Å². The number of rotatable bonds is 4. The lowest BCUT2D eigenvalue weighted by Gasteiger charge is -2.34. The molecule has 158 valence electrons. The van der Waals surface area contributed by atoms with Crippen molar-refractivity contribution < 1.29 is 4.79 Å². The van der Waals surface area contributed by atoms with Gasteiger partial charge in [-0.15, -0.1) is 0 Å². The highest BCUT2D eigenvalue weighted by Gasteiger charge is 2.30. The molecule has 2 aromatic rings. The molecule has 30 heavy (non-hydrogen) atoms. The largest absolute Gasteiger partial charge is 0.356 e. The highest BCUT2D eigenvalue weighted by molar-refractivity contribution is 5.79. The third-order valence-electron chi connectivity index (χ3n) is 7.06. The van der Waals surface area contributed by atoms with Gasteiger partial charge in [0.2, 0.25) is 5.91 Å². The van der Waals surface area contributed by atoms with Crippen LogP contribution >= 0.6 is 0 Å². The smallest absolute Gasteiger partial charge is 0.223 e. The molecule has 2 heterocycles. The maximum Gasteiger partial charge on any atom is 0.223 e. The van der Waals surface area contributed by atoms with Gasteiger partial charge in [0, 0.05) is 41.9 Å². The van der Waals surface area contributed by atoms with E-state index in [0.717, 1.165) is 75.2 Å². The van der Waals surface area contributed by atoms with Gasteiger partial charge in [0.25, 0.3) is 0 Å². The molecular formula is C25H32N4O. The molecule has 1 aromatic carbocycles. The Morgan fingerprint density at radius 3 is 2.43 bits per heavy atom. The Bertz CT molecular complexity index is 884. The lowest BCUT2D eigenvalue weighted by Crippen LogP contribution is -2.44. The highest BCUT2D eigenvalue weighted by atomic mass is 16.1. The molecular weight excluding hydrogens is 372 g/mol. The Hall–Kier alpha value is -2.43. The monoisotopic (exact) mass is 404 g/mol.